The molecule has 0 atom stereocenters. The summed E-state index contributed by atoms with van der Waals surface area (Å²) in [5.41, 5.74) is 4.22. The van der Waals surface area contributed by atoms with E-state index in [-0.39, 0.29) is 11.7 Å². The Hall–Kier alpha value is -2.60. The number of carbonyl (C=O) groups is 1. The Labute approximate surface area is 162 Å². The number of aryl methyl sites for hydroxylation is 1. The molecule has 0 aliphatic carbocycles. The first kappa shape index (κ1) is 19.2. The summed E-state index contributed by atoms with van der Waals surface area (Å²) in [5.74, 6) is -0.0387. The molecule has 1 amide bonds. The molecule has 0 radical (unpaired) electrons. The van der Waals surface area contributed by atoms with Crippen LogP contribution in [0.4, 0.5) is 4.39 Å². The van der Waals surface area contributed by atoms with Crippen molar-refractivity contribution >= 4 is 17.7 Å². The molecule has 0 fully saturated rings. The Morgan fingerprint density at radius 1 is 1.11 bits per heavy atom. The van der Waals surface area contributed by atoms with Crippen LogP contribution < -0.4 is 5.32 Å². The zero-order chi connectivity index (χ0) is 19.2. The fourth-order valence-electron chi connectivity index (χ4n) is 2.82. The molecule has 27 heavy (non-hydrogen) atoms. The predicted octanol–water partition coefficient (Wildman–Crippen LogP) is 4.10. The molecular weight excluding hydrogens is 361 g/mol. The number of hydrogen-bond acceptors (Lipinski definition) is 3. The van der Waals surface area contributed by atoms with Gasteiger partial charge in [0.1, 0.15) is 5.82 Å². The summed E-state index contributed by atoms with van der Waals surface area (Å²) in [6.45, 7) is 5.15. The number of carbonyl (C=O) groups excluding carboxylic acids is 1. The van der Waals surface area contributed by atoms with Crippen LogP contribution in [0.5, 0.6) is 0 Å². The van der Waals surface area contributed by atoms with Gasteiger partial charge in [0.25, 0.3) is 0 Å². The maximum Gasteiger partial charge on any atom is 0.230 e. The zero-order valence-corrected chi connectivity index (χ0v) is 16.2. The van der Waals surface area contributed by atoms with Crippen molar-refractivity contribution < 1.29 is 9.18 Å². The fraction of sp³-hybridized carbons (Fsp3) is 0.238. The summed E-state index contributed by atoms with van der Waals surface area (Å²) in [4.78, 5) is 13.0. The van der Waals surface area contributed by atoms with Gasteiger partial charge in [-0.05, 0) is 43.7 Å². The van der Waals surface area contributed by atoms with Crippen molar-refractivity contribution in [3.05, 3.63) is 82.9 Å². The maximum absolute atomic E-state index is 12.9. The molecule has 3 aromatic rings. The number of aromatic nitrogens is 2. The summed E-state index contributed by atoms with van der Waals surface area (Å²) < 4.78 is 14.9. The number of hydrogen-bond donors (Lipinski definition) is 1. The van der Waals surface area contributed by atoms with Crippen LogP contribution in [0.1, 0.15) is 22.5 Å². The smallest absolute Gasteiger partial charge is 0.230 e. The van der Waals surface area contributed by atoms with Gasteiger partial charge in [-0.3, -0.25) is 9.48 Å². The van der Waals surface area contributed by atoms with Crippen LogP contribution in [0.25, 0.3) is 0 Å². The van der Waals surface area contributed by atoms with Gasteiger partial charge in [-0.2, -0.15) is 5.10 Å². The molecular formula is C21H22FN3OS. The molecule has 140 valence electrons. The number of thioether (sulfide) groups is 1. The van der Waals surface area contributed by atoms with Gasteiger partial charge in [-0.1, -0.05) is 30.3 Å². The Morgan fingerprint density at radius 3 is 2.52 bits per heavy atom. The summed E-state index contributed by atoms with van der Waals surface area (Å²) in [6, 6.07) is 16.3. The lowest BCUT2D eigenvalue weighted by Gasteiger charge is -2.07. The normalized spacial score (nSPS) is 10.8. The van der Waals surface area contributed by atoms with E-state index in [0.29, 0.717) is 18.8 Å². The van der Waals surface area contributed by atoms with Crippen LogP contribution >= 0.6 is 11.8 Å². The highest BCUT2D eigenvalue weighted by molar-refractivity contribution is 8.00. The minimum atomic E-state index is -0.276. The van der Waals surface area contributed by atoms with Crippen LogP contribution in [-0.2, 0) is 17.9 Å². The van der Waals surface area contributed by atoms with E-state index in [9.17, 15) is 9.18 Å². The standard InChI is InChI=1S/C21H22FN3OS/c1-15-20(16(2)25(24-15)13-17-6-4-3-5-7-17)12-23-21(26)14-27-19-10-8-18(22)9-11-19/h3-11H,12-14H2,1-2H3,(H,23,26). The van der Waals surface area contributed by atoms with Crippen molar-refractivity contribution in [3.63, 3.8) is 0 Å². The summed E-state index contributed by atoms with van der Waals surface area (Å²) in [6.07, 6.45) is 0. The Morgan fingerprint density at radius 2 is 1.81 bits per heavy atom. The molecule has 0 aliphatic heterocycles. The Balaban J connectivity index is 1.55. The number of nitrogens with zero attached hydrogens (tertiary/aromatic N) is 2. The average Bonchev–Trinajstić information content (AvgIpc) is 2.93. The van der Waals surface area contributed by atoms with Crippen molar-refractivity contribution in [2.24, 2.45) is 0 Å². The molecule has 0 saturated heterocycles. The van der Waals surface area contributed by atoms with Crippen LogP contribution in [0.15, 0.2) is 59.5 Å². The number of rotatable bonds is 7. The molecule has 2 aromatic carbocycles. The van der Waals surface area contributed by atoms with Gasteiger partial charge < -0.3 is 5.32 Å². The summed E-state index contributed by atoms with van der Waals surface area (Å²) >= 11 is 1.39. The molecule has 1 aromatic heterocycles. The van der Waals surface area contributed by atoms with Gasteiger partial charge in [-0.15, -0.1) is 11.8 Å². The highest BCUT2D eigenvalue weighted by Crippen LogP contribution is 2.18. The van der Waals surface area contributed by atoms with Gasteiger partial charge in [0.05, 0.1) is 18.0 Å². The molecule has 3 rings (SSSR count). The van der Waals surface area contributed by atoms with Gasteiger partial charge in [0, 0.05) is 22.7 Å². The van der Waals surface area contributed by atoms with Gasteiger partial charge in [0.15, 0.2) is 0 Å². The molecule has 0 unspecified atom stereocenters. The molecule has 6 heteroatoms. The number of halogens is 1. The topological polar surface area (TPSA) is 46.9 Å². The summed E-state index contributed by atoms with van der Waals surface area (Å²) in [7, 11) is 0. The van der Waals surface area contributed by atoms with E-state index in [2.05, 4.69) is 22.5 Å². The van der Waals surface area contributed by atoms with Crippen molar-refractivity contribution in [1.82, 2.24) is 15.1 Å². The van der Waals surface area contributed by atoms with Gasteiger partial charge in [-0.25, -0.2) is 4.39 Å². The maximum atomic E-state index is 12.9. The minimum absolute atomic E-state index is 0.0565. The number of amides is 1. The number of benzene rings is 2. The lowest BCUT2D eigenvalue weighted by atomic mass is 10.2. The van der Waals surface area contributed by atoms with E-state index in [1.54, 1.807) is 12.1 Å². The van der Waals surface area contributed by atoms with Gasteiger partial charge in [0.2, 0.25) is 5.91 Å². The second-order valence-corrected chi connectivity index (χ2v) is 7.36. The molecule has 0 bridgehead atoms. The molecule has 0 aliphatic rings. The van der Waals surface area contributed by atoms with E-state index in [1.165, 1.54) is 29.5 Å². The van der Waals surface area contributed by atoms with Crippen LogP contribution in [-0.4, -0.2) is 21.4 Å². The second-order valence-electron chi connectivity index (χ2n) is 6.31. The summed E-state index contributed by atoms with van der Waals surface area (Å²) in [5, 5.41) is 7.56. The van der Waals surface area contributed by atoms with Crippen LogP contribution in [0.2, 0.25) is 0 Å². The highest BCUT2D eigenvalue weighted by atomic mass is 32.2. The first-order chi connectivity index (χ1) is 13.0. The van der Waals surface area contributed by atoms with E-state index >= 15 is 0 Å². The molecule has 1 N–H and O–H groups in total. The van der Waals surface area contributed by atoms with E-state index in [1.807, 2.05) is 36.7 Å². The third-order valence-corrected chi connectivity index (χ3v) is 5.36. The average molecular weight is 383 g/mol. The van der Waals surface area contributed by atoms with Crippen molar-refractivity contribution in [3.8, 4) is 0 Å². The zero-order valence-electron chi connectivity index (χ0n) is 15.4. The highest BCUT2D eigenvalue weighted by Gasteiger charge is 2.13. The lowest BCUT2D eigenvalue weighted by molar-refractivity contribution is -0.118. The van der Waals surface area contributed by atoms with Gasteiger partial charge >= 0.3 is 0 Å². The van der Waals surface area contributed by atoms with Crippen molar-refractivity contribution in [2.45, 2.75) is 31.8 Å². The first-order valence-corrected chi connectivity index (χ1v) is 9.73. The van der Waals surface area contributed by atoms with Crippen molar-refractivity contribution in [2.75, 3.05) is 5.75 Å². The second kappa shape index (κ2) is 8.86. The minimum Gasteiger partial charge on any atom is -0.351 e. The SMILES string of the molecule is Cc1nn(Cc2ccccc2)c(C)c1CNC(=O)CSc1ccc(F)cc1. The third-order valence-electron chi connectivity index (χ3n) is 4.35. The van der Waals surface area contributed by atoms with E-state index < -0.39 is 0 Å². The monoisotopic (exact) mass is 383 g/mol. The third kappa shape index (κ3) is 5.20. The Kier molecular flexibility index (Phi) is 6.29. The molecule has 1 heterocycles. The number of nitrogens with one attached hydrogen (secondary N) is 1. The fourth-order valence-corrected chi connectivity index (χ4v) is 3.55. The first-order valence-electron chi connectivity index (χ1n) is 8.75. The predicted molar refractivity (Wildman–Crippen MR) is 106 cm³/mol. The largest absolute Gasteiger partial charge is 0.351 e. The van der Waals surface area contributed by atoms with E-state index in [0.717, 1.165) is 21.8 Å². The van der Waals surface area contributed by atoms with Crippen molar-refractivity contribution in [1.29, 1.82) is 0 Å². The van der Waals surface area contributed by atoms with Crippen LogP contribution in [0.3, 0.4) is 0 Å². The van der Waals surface area contributed by atoms with E-state index in [4.69, 9.17) is 0 Å². The lowest BCUT2D eigenvalue weighted by Crippen LogP contribution is -2.25. The molecule has 4 nitrogen and oxygen atoms in total. The van der Waals surface area contributed by atoms with Crippen LogP contribution in [0, 0.1) is 19.7 Å². The molecule has 0 spiro atoms. The Bertz CT molecular complexity index is 907. The molecule has 0 saturated carbocycles. The quantitative estimate of drug-likeness (QED) is 0.625.